The molecule has 0 radical (unpaired) electrons. The number of benzene rings is 2. The Balaban J connectivity index is 0.00000141. The third-order valence-electron chi connectivity index (χ3n) is 3.66. The molecule has 2 N–H and O–H groups in total. The van der Waals surface area contributed by atoms with Crippen LogP contribution in [0, 0.1) is 21.7 Å². The smallest absolute Gasteiger partial charge is 0.340 e. The molecule has 0 aliphatic heterocycles. The second kappa shape index (κ2) is 11.4. The highest BCUT2D eigenvalue weighted by Gasteiger charge is 2.19. The Hall–Kier alpha value is -3.60. The van der Waals surface area contributed by atoms with Crippen LogP contribution in [0.4, 0.5) is 20.2 Å². The minimum Gasteiger partial charge on any atom is -0.490 e. The van der Waals surface area contributed by atoms with Crippen LogP contribution in [-0.2, 0) is 15.9 Å². The SMILES string of the molecule is COC.COC(=O)c1cc(F)c(OCCc2cc([N+](=O)[O-])c(C=O)cc2F)cc1N. The lowest BCUT2D eigenvalue weighted by atomic mass is 10.1. The molecule has 0 unspecified atom stereocenters. The van der Waals surface area contributed by atoms with Crippen molar-refractivity contribution in [1.82, 2.24) is 0 Å². The average molecular weight is 426 g/mol. The van der Waals surface area contributed by atoms with E-state index in [4.69, 9.17) is 10.5 Å². The van der Waals surface area contributed by atoms with Crippen molar-refractivity contribution in [3.8, 4) is 5.75 Å². The van der Waals surface area contributed by atoms with Gasteiger partial charge in [-0.3, -0.25) is 14.9 Å². The minimum absolute atomic E-state index is 0.0737. The molecular formula is C19H20F2N2O7. The molecule has 0 saturated carbocycles. The molecule has 2 aromatic rings. The second-order valence-corrected chi connectivity index (χ2v) is 5.75. The lowest BCUT2D eigenvalue weighted by molar-refractivity contribution is -0.385. The first kappa shape index (κ1) is 24.4. The van der Waals surface area contributed by atoms with E-state index in [9.17, 15) is 28.5 Å². The number of hydrogen-bond acceptors (Lipinski definition) is 8. The van der Waals surface area contributed by atoms with Crippen LogP contribution in [-0.4, -0.2) is 45.1 Å². The Morgan fingerprint density at radius 1 is 1.17 bits per heavy atom. The highest BCUT2D eigenvalue weighted by molar-refractivity contribution is 5.95. The summed E-state index contributed by atoms with van der Waals surface area (Å²) in [6.45, 7) is -0.234. The highest BCUT2D eigenvalue weighted by atomic mass is 19.1. The topological polar surface area (TPSA) is 131 Å². The predicted molar refractivity (Wildman–Crippen MR) is 103 cm³/mol. The summed E-state index contributed by atoms with van der Waals surface area (Å²) < 4.78 is 41.9. The number of methoxy groups -OCH3 is 2. The number of esters is 1. The molecule has 30 heavy (non-hydrogen) atoms. The Bertz CT molecular complexity index is 936. The van der Waals surface area contributed by atoms with E-state index >= 15 is 0 Å². The molecule has 0 aromatic heterocycles. The van der Waals surface area contributed by atoms with Crippen LogP contribution in [0.3, 0.4) is 0 Å². The van der Waals surface area contributed by atoms with Crippen molar-refractivity contribution in [3.05, 3.63) is 62.7 Å². The summed E-state index contributed by atoms with van der Waals surface area (Å²) in [6.07, 6.45) is 0.0480. The molecule has 0 fully saturated rings. The number of carbonyl (C=O) groups is 2. The fraction of sp³-hybridized carbons (Fsp3) is 0.263. The minimum atomic E-state index is -0.882. The molecule has 9 nitrogen and oxygen atoms in total. The zero-order valence-corrected chi connectivity index (χ0v) is 16.4. The van der Waals surface area contributed by atoms with Gasteiger partial charge < -0.3 is 19.9 Å². The fourth-order valence-electron chi connectivity index (χ4n) is 2.30. The van der Waals surface area contributed by atoms with Crippen molar-refractivity contribution in [2.24, 2.45) is 0 Å². The first-order valence-corrected chi connectivity index (χ1v) is 8.32. The van der Waals surface area contributed by atoms with Gasteiger partial charge in [-0.25, -0.2) is 13.6 Å². The zero-order valence-electron chi connectivity index (χ0n) is 16.4. The van der Waals surface area contributed by atoms with Crippen molar-refractivity contribution in [1.29, 1.82) is 0 Å². The summed E-state index contributed by atoms with van der Waals surface area (Å²) in [5.41, 5.74) is 4.39. The van der Waals surface area contributed by atoms with E-state index in [1.165, 1.54) is 0 Å². The van der Waals surface area contributed by atoms with Gasteiger partial charge in [0.1, 0.15) is 5.82 Å². The van der Waals surface area contributed by atoms with E-state index in [0.717, 1.165) is 31.4 Å². The van der Waals surface area contributed by atoms with Gasteiger partial charge in [0.05, 0.1) is 35.5 Å². The Kier molecular flexibility index (Phi) is 9.30. The van der Waals surface area contributed by atoms with Crippen molar-refractivity contribution in [2.45, 2.75) is 6.42 Å². The van der Waals surface area contributed by atoms with Crippen LogP contribution in [0.1, 0.15) is 26.3 Å². The number of nitro groups is 1. The molecule has 0 aliphatic rings. The first-order valence-electron chi connectivity index (χ1n) is 8.32. The Morgan fingerprint density at radius 2 is 1.80 bits per heavy atom. The lowest BCUT2D eigenvalue weighted by Gasteiger charge is -2.11. The molecule has 0 bridgehead atoms. The third-order valence-corrected chi connectivity index (χ3v) is 3.66. The number of rotatable bonds is 7. The summed E-state index contributed by atoms with van der Waals surface area (Å²) in [7, 11) is 4.37. The van der Waals surface area contributed by atoms with E-state index in [2.05, 4.69) is 9.47 Å². The molecule has 0 atom stereocenters. The number of nitro benzene ring substituents is 1. The predicted octanol–water partition coefficient (Wildman–Crippen LogP) is 2.94. The van der Waals surface area contributed by atoms with Gasteiger partial charge in [0.25, 0.3) is 5.69 Å². The highest BCUT2D eigenvalue weighted by Crippen LogP contribution is 2.26. The first-order chi connectivity index (χ1) is 14.2. The standard InChI is InChI=1S/C17H14F2N2O6.C2H6O/c1-26-17(23)11-6-13(19)16(7-14(11)20)27-3-2-9-5-15(21(24)25)10(8-22)4-12(9)18;1-3-2/h4-8H,2-3,20H2,1H3;1-2H3. The molecule has 0 heterocycles. The van der Waals surface area contributed by atoms with Gasteiger partial charge in [-0.1, -0.05) is 0 Å². The largest absolute Gasteiger partial charge is 0.490 e. The summed E-state index contributed by atoms with van der Waals surface area (Å²) in [4.78, 5) is 32.3. The number of nitrogen functional groups attached to an aromatic ring is 1. The van der Waals surface area contributed by atoms with Crippen LogP contribution in [0.15, 0.2) is 24.3 Å². The zero-order chi connectivity index (χ0) is 22.8. The molecule has 0 saturated heterocycles. The number of hydrogen-bond donors (Lipinski definition) is 1. The van der Waals surface area contributed by atoms with Gasteiger partial charge in [0.2, 0.25) is 0 Å². The normalized spacial score (nSPS) is 9.90. The van der Waals surface area contributed by atoms with Gasteiger partial charge >= 0.3 is 5.97 Å². The van der Waals surface area contributed by atoms with Crippen molar-refractivity contribution in [3.63, 3.8) is 0 Å². The van der Waals surface area contributed by atoms with E-state index in [1.54, 1.807) is 14.2 Å². The van der Waals surface area contributed by atoms with Crippen LogP contribution in [0.5, 0.6) is 5.75 Å². The van der Waals surface area contributed by atoms with Crippen molar-refractivity contribution in [2.75, 3.05) is 33.7 Å². The van der Waals surface area contributed by atoms with Crippen molar-refractivity contribution < 1.29 is 37.5 Å². The summed E-state index contributed by atoms with van der Waals surface area (Å²) in [6, 6.07) is 3.61. The number of aldehydes is 1. The quantitative estimate of drug-likeness (QED) is 0.235. The Labute approximate surface area is 170 Å². The summed E-state index contributed by atoms with van der Waals surface area (Å²) in [5, 5.41) is 10.9. The summed E-state index contributed by atoms with van der Waals surface area (Å²) >= 11 is 0. The monoisotopic (exact) mass is 426 g/mol. The molecule has 0 amide bonds. The van der Waals surface area contributed by atoms with Crippen LogP contribution in [0.2, 0.25) is 0 Å². The number of halogens is 2. The molecule has 2 aromatic carbocycles. The number of ether oxygens (including phenoxy) is 3. The molecule has 2 rings (SSSR count). The fourth-order valence-corrected chi connectivity index (χ4v) is 2.30. The van der Waals surface area contributed by atoms with E-state index in [0.29, 0.717) is 0 Å². The second-order valence-electron chi connectivity index (χ2n) is 5.75. The number of nitrogens with zero attached hydrogens (tertiary/aromatic N) is 1. The molecule has 162 valence electrons. The van der Waals surface area contributed by atoms with Gasteiger partial charge in [0, 0.05) is 32.8 Å². The summed E-state index contributed by atoms with van der Waals surface area (Å²) in [5.74, 6) is -2.80. The van der Waals surface area contributed by atoms with Gasteiger partial charge in [0.15, 0.2) is 17.9 Å². The Morgan fingerprint density at radius 3 is 2.33 bits per heavy atom. The maximum absolute atomic E-state index is 14.0. The van der Waals surface area contributed by atoms with Crippen molar-refractivity contribution >= 4 is 23.6 Å². The average Bonchev–Trinajstić information content (AvgIpc) is 2.70. The van der Waals surface area contributed by atoms with Gasteiger partial charge in [-0.05, 0) is 17.7 Å². The van der Waals surface area contributed by atoms with Crippen LogP contribution in [0.25, 0.3) is 0 Å². The number of anilines is 1. The lowest BCUT2D eigenvalue weighted by Crippen LogP contribution is -2.09. The maximum Gasteiger partial charge on any atom is 0.340 e. The molecule has 0 spiro atoms. The maximum atomic E-state index is 14.0. The number of carbonyl (C=O) groups excluding carboxylic acids is 2. The van der Waals surface area contributed by atoms with Crippen LogP contribution >= 0.6 is 0 Å². The van der Waals surface area contributed by atoms with E-state index in [-0.39, 0.29) is 47.4 Å². The third kappa shape index (κ3) is 6.21. The van der Waals surface area contributed by atoms with E-state index < -0.39 is 28.2 Å². The van der Waals surface area contributed by atoms with Gasteiger partial charge in [-0.15, -0.1) is 0 Å². The number of nitrogens with two attached hydrogens (primary N) is 1. The molecule has 0 aliphatic carbocycles. The van der Waals surface area contributed by atoms with Crippen LogP contribution < -0.4 is 10.5 Å². The molecular weight excluding hydrogens is 406 g/mol. The molecule has 11 heteroatoms. The van der Waals surface area contributed by atoms with Gasteiger partial charge in [-0.2, -0.15) is 0 Å². The van der Waals surface area contributed by atoms with E-state index in [1.807, 2.05) is 0 Å².